The van der Waals surface area contributed by atoms with Gasteiger partial charge in [0, 0.05) is 23.9 Å². The third kappa shape index (κ3) is 4.52. The Bertz CT molecular complexity index is 156. The van der Waals surface area contributed by atoms with Crippen molar-refractivity contribution >= 4 is 0 Å². The summed E-state index contributed by atoms with van der Waals surface area (Å²) in [5.41, 5.74) is 10.7. The number of ether oxygens (including phenoxy) is 1. The summed E-state index contributed by atoms with van der Waals surface area (Å²) in [6.45, 7) is 5.57. The van der Waals surface area contributed by atoms with Gasteiger partial charge in [-0.05, 0) is 12.8 Å². The second-order valence-corrected chi connectivity index (χ2v) is 4.92. The Labute approximate surface area is 104 Å². The largest absolute Gasteiger partial charge is 0.396 e. The fraction of sp³-hybridized carbons (Fsp3) is 1.00. The summed E-state index contributed by atoms with van der Waals surface area (Å²) in [6, 6.07) is 0. The first-order valence-electron chi connectivity index (χ1n) is 6.27. The van der Waals surface area contributed by atoms with Gasteiger partial charge < -0.3 is 26.4 Å². The van der Waals surface area contributed by atoms with Gasteiger partial charge in [-0.25, -0.2) is 0 Å². The minimum atomic E-state index is -0.553. The van der Waals surface area contributed by atoms with Gasteiger partial charge in [0.25, 0.3) is 0 Å². The maximum Gasteiger partial charge on any atom is 0.0566 e. The number of hydrogen-bond donors (Lipinski definition) is 4. The van der Waals surface area contributed by atoms with Crippen LogP contribution in [0.25, 0.3) is 0 Å². The Balaban J connectivity index is 4.28. The number of rotatable bonds is 10. The van der Waals surface area contributed by atoms with Gasteiger partial charge in [-0.1, -0.05) is 13.8 Å². The van der Waals surface area contributed by atoms with Crippen LogP contribution in [0.5, 0.6) is 0 Å². The van der Waals surface area contributed by atoms with Crippen molar-refractivity contribution in [1.82, 2.24) is 0 Å². The summed E-state index contributed by atoms with van der Waals surface area (Å²) >= 11 is 0. The normalized spacial score (nSPS) is 13.1. The predicted octanol–water partition coefficient (Wildman–Crippen LogP) is -0.302. The van der Waals surface area contributed by atoms with Crippen molar-refractivity contribution in [3.05, 3.63) is 0 Å². The van der Waals surface area contributed by atoms with Gasteiger partial charge in [-0.2, -0.15) is 0 Å². The van der Waals surface area contributed by atoms with Gasteiger partial charge in [0.2, 0.25) is 0 Å². The van der Waals surface area contributed by atoms with Crippen molar-refractivity contribution in [2.24, 2.45) is 22.3 Å². The fourth-order valence-corrected chi connectivity index (χ4v) is 1.54. The molecule has 0 spiro atoms. The van der Waals surface area contributed by atoms with E-state index >= 15 is 0 Å². The lowest BCUT2D eigenvalue weighted by molar-refractivity contribution is -0.0521. The lowest BCUT2D eigenvalue weighted by Crippen LogP contribution is -2.43. The molecule has 0 unspecified atom stereocenters. The van der Waals surface area contributed by atoms with Gasteiger partial charge in [-0.3, -0.25) is 0 Å². The van der Waals surface area contributed by atoms with E-state index in [2.05, 4.69) is 0 Å². The molecule has 0 aliphatic heterocycles. The van der Waals surface area contributed by atoms with E-state index in [1.807, 2.05) is 13.8 Å². The zero-order valence-corrected chi connectivity index (χ0v) is 11.1. The smallest absolute Gasteiger partial charge is 0.0566 e. The van der Waals surface area contributed by atoms with Crippen LogP contribution in [0.3, 0.4) is 0 Å². The standard InChI is InChI=1S/C12H28N2O3/c1-3-11(5-13,6-14)9-17-10-12(4-2,7-15)8-16/h15-16H,3-10,13-14H2,1-2H3. The molecule has 5 heteroatoms. The molecule has 0 rings (SSSR count). The van der Waals surface area contributed by atoms with Crippen LogP contribution >= 0.6 is 0 Å². The molecule has 0 bridgehead atoms. The summed E-state index contributed by atoms with van der Waals surface area (Å²) in [4.78, 5) is 0. The Morgan fingerprint density at radius 1 is 0.882 bits per heavy atom. The van der Waals surface area contributed by atoms with E-state index in [9.17, 15) is 10.2 Å². The van der Waals surface area contributed by atoms with Gasteiger partial charge in [0.1, 0.15) is 0 Å². The quantitative estimate of drug-likeness (QED) is 0.425. The molecular formula is C12H28N2O3. The molecule has 0 aliphatic rings. The van der Waals surface area contributed by atoms with E-state index in [0.29, 0.717) is 32.7 Å². The molecule has 17 heavy (non-hydrogen) atoms. The predicted molar refractivity (Wildman–Crippen MR) is 68.5 cm³/mol. The minimum absolute atomic E-state index is 0.0790. The summed E-state index contributed by atoms with van der Waals surface area (Å²) in [7, 11) is 0. The second kappa shape index (κ2) is 8.00. The van der Waals surface area contributed by atoms with Gasteiger partial charge in [-0.15, -0.1) is 0 Å². The molecule has 0 saturated carbocycles. The topological polar surface area (TPSA) is 102 Å². The minimum Gasteiger partial charge on any atom is -0.396 e. The maximum atomic E-state index is 9.29. The second-order valence-electron chi connectivity index (χ2n) is 4.92. The zero-order valence-electron chi connectivity index (χ0n) is 11.1. The van der Waals surface area contributed by atoms with Crippen molar-refractivity contribution in [2.75, 3.05) is 39.5 Å². The van der Waals surface area contributed by atoms with Gasteiger partial charge in [0.15, 0.2) is 0 Å². The lowest BCUT2D eigenvalue weighted by atomic mass is 9.85. The number of aliphatic hydroxyl groups excluding tert-OH is 2. The third-order valence-electron chi connectivity index (χ3n) is 3.85. The Morgan fingerprint density at radius 2 is 1.29 bits per heavy atom. The van der Waals surface area contributed by atoms with Crippen LogP contribution in [0.4, 0.5) is 0 Å². The maximum absolute atomic E-state index is 9.29. The highest BCUT2D eigenvalue weighted by molar-refractivity contribution is 4.81. The highest BCUT2D eigenvalue weighted by atomic mass is 16.5. The van der Waals surface area contributed by atoms with Crippen LogP contribution in [-0.4, -0.2) is 49.7 Å². The van der Waals surface area contributed by atoms with Crippen LogP contribution in [0, 0.1) is 10.8 Å². The van der Waals surface area contributed by atoms with Crippen LogP contribution in [0.1, 0.15) is 26.7 Å². The van der Waals surface area contributed by atoms with Crippen LogP contribution in [0.2, 0.25) is 0 Å². The van der Waals surface area contributed by atoms with E-state index in [4.69, 9.17) is 16.2 Å². The van der Waals surface area contributed by atoms with E-state index < -0.39 is 5.41 Å². The summed E-state index contributed by atoms with van der Waals surface area (Å²) in [6.07, 6.45) is 1.53. The highest BCUT2D eigenvalue weighted by Crippen LogP contribution is 2.24. The summed E-state index contributed by atoms with van der Waals surface area (Å²) in [5.74, 6) is 0. The van der Waals surface area contributed by atoms with Crippen LogP contribution in [-0.2, 0) is 4.74 Å². The van der Waals surface area contributed by atoms with Crippen molar-refractivity contribution in [2.45, 2.75) is 26.7 Å². The van der Waals surface area contributed by atoms with E-state index in [1.54, 1.807) is 0 Å². The first-order valence-corrected chi connectivity index (χ1v) is 6.27. The highest BCUT2D eigenvalue weighted by Gasteiger charge is 2.30. The Morgan fingerprint density at radius 3 is 1.59 bits per heavy atom. The average molecular weight is 248 g/mol. The van der Waals surface area contributed by atoms with Gasteiger partial charge >= 0.3 is 0 Å². The molecule has 0 aromatic rings. The average Bonchev–Trinajstić information content (AvgIpc) is 2.41. The van der Waals surface area contributed by atoms with Crippen molar-refractivity contribution in [3.63, 3.8) is 0 Å². The molecule has 0 radical (unpaired) electrons. The van der Waals surface area contributed by atoms with Crippen molar-refractivity contribution in [3.8, 4) is 0 Å². The summed E-state index contributed by atoms with van der Waals surface area (Å²) in [5, 5.41) is 18.6. The Hall–Kier alpha value is -0.200. The van der Waals surface area contributed by atoms with Crippen molar-refractivity contribution < 1.29 is 14.9 Å². The van der Waals surface area contributed by atoms with Crippen molar-refractivity contribution in [1.29, 1.82) is 0 Å². The van der Waals surface area contributed by atoms with Crippen LogP contribution in [0.15, 0.2) is 0 Å². The molecule has 0 aromatic heterocycles. The SMILES string of the molecule is CCC(CN)(CN)COCC(CC)(CO)CO. The fourth-order valence-electron chi connectivity index (χ4n) is 1.54. The Kier molecular flexibility index (Phi) is 7.91. The molecule has 0 fully saturated rings. The third-order valence-corrected chi connectivity index (χ3v) is 3.85. The van der Waals surface area contributed by atoms with Crippen LogP contribution < -0.4 is 11.5 Å². The molecular weight excluding hydrogens is 220 g/mol. The van der Waals surface area contributed by atoms with E-state index in [0.717, 1.165) is 6.42 Å². The zero-order chi connectivity index (χ0) is 13.4. The molecule has 0 aliphatic carbocycles. The molecule has 0 aromatic carbocycles. The molecule has 0 heterocycles. The first-order chi connectivity index (χ1) is 8.07. The number of nitrogens with two attached hydrogens (primary N) is 2. The molecule has 104 valence electrons. The molecule has 5 nitrogen and oxygen atoms in total. The number of hydrogen-bond acceptors (Lipinski definition) is 5. The summed E-state index contributed by atoms with van der Waals surface area (Å²) < 4.78 is 5.63. The van der Waals surface area contributed by atoms with E-state index in [1.165, 1.54) is 0 Å². The van der Waals surface area contributed by atoms with E-state index in [-0.39, 0.29) is 18.6 Å². The molecule has 0 atom stereocenters. The number of aliphatic hydroxyl groups is 2. The lowest BCUT2D eigenvalue weighted by Gasteiger charge is -2.33. The molecule has 0 amide bonds. The first kappa shape index (κ1) is 16.8. The molecule has 6 N–H and O–H groups in total. The van der Waals surface area contributed by atoms with Gasteiger partial charge in [0.05, 0.1) is 26.4 Å². The molecule has 0 saturated heterocycles. The monoisotopic (exact) mass is 248 g/mol.